The Hall–Kier alpha value is -2.34. The number of aromatic amines is 1. The Morgan fingerprint density at radius 3 is 3.00 bits per heavy atom. The second kappa shape index (κ2) is 6.83. The van der Waals surface area contributed by atoms with Gasteiger partial charge in [0.1, 0.15) is 11.7 Å². The third-order valence-electron chi connectivity index (χ3n) is 3.78. The van der Waals surface area contributed by atoms with Crippen molar-refractivity contribution in [2.24, 2.45) is 0 Å². The number of aromatic nitrogens is 2. The van der Waals surface area contributed by atoms with Crippen LogP contribution in [-0.4, -0.2) is 34.6 Å². The smallest absolute Gasteiger partial charge is 0.269 e. The molecule has 2 amide bonds. The predicted molar refractivity (Wildman–Crippen MR) is 87.1 cm³/mol. The Morgan fingerprint density at radius 2 is 2.17 bits per heavy atom. The summed E-state index contributed by atoms with van der Waals surface area (Å²) in [6, 6.07) is 8.39. The monoisotopic (exact) mass is 332 g/mol. The highest BCUT2D eigenvalue weighted by Crippen LogP contribution is 2.21. The van der Waals surface area contributed by atoms with Gasteiger partial charge in [-0.1, -0.05) is 23.7 Å². The van der Waals surface area contributed by atoms with E-state index in [1.54, 1.807) is 18.2 Å². The summed E-state index contributed by atoms with van der Waals surface area (Å²) in [5, 5.41) is 13.0. The van der Waals surface area contributed by atoms with Crippen LogP contribution < -0.4 is 10.6 Å². The van der Waals surface area contributed by atoms with Gasteiger partial charge in [-0.3, -0.25) is 14.7 Å². The van der Waals surface area contributed by atoms with Crippen LogP contribution in [0.2, 0.25) is 5.02 Å². The second-order valence-corrected chi connectivity index (χ2v) is 5.93. The Morgan fingerprint density at radius 1 is 1.30 bits per heavy atom. The van der Waals surface area contributed by atoms with E-state index in [1.807, 2.05) is 12.1 Å². The number of carbonyl (C=O) groups is 2. The van der Waals surface area contributed by atoms with Gasteiger partial charge in [-0.25, -0.2) is 0 Å². The minimum Gasteiger partial charge on any atom is -0.354 e. The van der Waals surface area contributed by atoms with Crippen molar-refractivity contribution < 1.29 is 9.59 Å². The molecule has 3 N–H and O–H groups in total. The van der Waals surface area contributed by atoms with Crippen LogP contribution in [0.1, 0.15) is 29.8 Å². The standard InChI is InChI=1S/C16H17ClN4O2/c17-11-5-3-4-10(8-11)13-9-14(21-20-13)16(23)19-12-6-1-2-7-18-15(12)22/h3-5,8-9,12H,1-2,6-7H2,(H,18,22)(H,19,23)(H,20,21)/t12-/m0/s1. The van der Waals surface area contributed by atoms with Gasteiger partial charge in [0.25, 0.3) is 5.91 Å². The Labute approximate surface area is 138 Å². The highest BCUT2D eigenvalue weighted by Gasteiger charge is 2.23. The molecule has 3 rings (SSSR count). The van der Waals surface area contributed by atoms with Crippen molar-refractivity contribution in [1.82, 2.24) is 20.8 Å². The van der Waals surface area contributed by atoms with Gasteiger partial charge >= 0.3 is 0 Å². The summed E-state index contributed by atoms with van der Waals surface area (Å²) in [6.45, 7) is 0.661. The van der Waals surface area contributed by atoms with E-state index in [-0.39, 0.29) is 11.8 Å². The fourth-order valence-corrected chi connectivity index (χ4v) is 2.74. The number of benzene rings is 1. The van der Waals surface area contributed by atoms with E-state index in [0.29, 0.717) is 29.4 Å². The number of nitrogens with one attached hydrogen (secondary N) is 3. The fourth-order valence-electron chi connectivity index (χ4n) is 2.55. The van der Waals surface area contributed by atoms with Crippen LogP contribution in [-0.2, 0) is 4.79 Å². The average molecular weight is 333 g/mol. The molecule has 1 aromatic carbocycles. The SMILES string of the molecule is O=C(N[C@H]1CCCCNC1=O)c1cc(-c2cccc(Cl)c2)n[nH]1. The van der Waals surface area contributed by atoms with Gasteiger partial charge in [0, 0.05) is 17.1 Å². The van der Waals surface area contributed by atoms with Crippen LogP contribution in [0.25, 0.3) is 11.3 Å². The lowest BCUT2D eigenvalue weighted by Gasteiger charge is -2.14. The van der Waals surface area contributed by atoms with Gasteiger partial charge in [0.15, 0.2) is 0 Å². The predicted octanol–water partition coefficient (Wildman–Crippen LogP) is 2.13. The summed E-state index contributed by atoms with van der Waals surface area (Å²) in [6.07, 6.45) is 2.48. The molecule has 0 radical (unpaired) electrons. The number of nitrogens with zero attached hydrogens (tertiary/aromatic N) is 1. The summed E-state index contributed by atoms with van der Waals surface area (Å²) in [4.78, 5) is 24.2. The van der Waals surface area contributed by atoms with E-state index in [0.717, 1.165) is 18.4 Å². The van der Waals surface area contributed by atoms with E-state index in [1.165, 1.54) is 0 Å². The van der Waals surface area contributed by atoms with Crippen molar-refractivity contribution in [3.05, 3.63) is 41.0 Å². The summed E-state index contributed by atoms with van der Waals surface area (Å²) < 4.78 is 0. The summed E-state index contributed by atoms with van der Waals surface area (Å²) in [5.74, 6) is -0.474. The Kier molecular flexibility index (Phi) is 4.62. The van der Waals surface area contributed by atoms with Gasteiger partial charge in [0.2, 0.25) is 5.91 Å². The molecule has 6 nitrogen and oxygen atoms in total. The number of halogens is 1. The molecule has 1 aliphatic rings. The van der Waals surface area contributed by atoms with Crippen molar-refractivity contribution in [2.75, 3.05) is 6.54 Å². The molecule has 2 heterocycles. The van der Waals surface area contributed by atoms with Crippen LogP contribution in [0.5, 0.6) is 0 Å². The molecule has 120 valence electrons. The molecule has 0 saturated carbocycles. The molecule has 2 aromatic rings. The third-order valence-corrected chi connectivity index (χ3v) is 4.02. The molecule has 0 aliphatic carbocycles. The number of hydrogen-bond acceptors (Lipinski definition) is 3. The highest BCUT2D eigenvalue weighted by molar-refractivity contribution is 6.30. The lowest BCUT2D eigenvalue weighted by molar-refractivity contribution is -0.122. The zero-order chi connectivity index (χ0) is 16.2. The number of rotatable bonds is 3. The minimum absolute atomic E-state index is 0.134. The van der Waals surface area contributed by atoms with E-state index in [4.69, 9.17) is 11.6 Å². The highest BCUT2D eigenvalue weighted by atomic mass is 35.5. The average Bonchev–Trinajstić information content (AvgIpc) is 2.95. The first-order valence-electron chi connectivity index (χ1n) is 7.53. The normalized spacial score (nSPS) is 18.1. The molecule has 1 saturated heterocycles. The molecule has 0 unspecified atom stereocenters. The molecule has 0 bridgehead atoms. The van der Waals surface area contributed by atoms with E-state index < -0.39 is 6.04 Å². The second-order valence-electron chi connectivity index (χ2n) is 5.49. The van der Waals surface area contributed by atoms with Crippen molar-refractivity contribution in [3.8, 4) is 11.3 Å². The van der Waals surface area contributed by atoms with Gasteiger partial charge < -0.3 is 10.6 Å². The van der Waals surface area contributed by atoms with Crippen molar-refractivity contribution >= 4 is 23.4 Å². The maximum Gasteiger partial charge on any atom is 0.269 e. The topological polar surface area (TPSA) is 86.9 Å². The van der Waals surface area contributed by atoms with Crippen molar-refractivity contribution in [3.63, 3.8) is 0 Å². The molecular formula is C16H17ClN4O2. The quantitative estimate of drug-likeness (QED) is 0.804. The largest absolute Gasteiger partial charge is 0.354 e. The third kappa shape index (κ3) is 3.71. The summed E-state index contributed by atoms with van der Waals surface area (Å²) >= 11 is 5.96. The van der Waals surface area contributed by atoms with E-state index >= 15 is 0 Å². The molecule has 7 heteroatoms. The number of H-pyrrole nitrogens is 1. The van der Waals surface area contributed by atoms with Gasteiger partial charge in [-0.05, 0) is 37.5 Å². The van der Waals surface area contributed by atoms with Gasteiger partial charge in [-0.2, -0.15) is 5.10 Å². The van der Waals surface area contributed by atoms with Crippen molar-refractivity contribution in [2.45, 2.75) is 25.3 Å². The number of amides is 2. The molecular weight excluding hydrogens is 316 g/mol. The van der Waals surface area contributed by atoms with E-state index in [2.05, 4.69) is 20.8 Å². The van der Waals surface area contributed by atoms with Gasteiger partial charge in [0.05, 0.1) is 5.69 Å². The molecule has 1 fully saturated rings. The van der Waals surface area contributed by atoms with Gasteiger partial charge in [-0.15, -0.1) is 0 Å². The van der Waals surface area contributed by atoms with Crippen LogP contribution in [0, 0.1) is 0 Å². The minimum atomic E-state index is -0.497. The first-order chi connectivity index (χ1) is 11.1. The molecule has 1 aliphatic heterocycles. The number of hydrogen-bond donors (Lipinski definition) is 3. The van der Waals surface area contributed by atoms with Crippen molar-refractivity contribution in [1.29, 1.82) is 0 Å². The first kappa shape index (κ1) is 15.6. The van der Waals surface area contributed by atoms with Crippen LogP contribution >= 0.6 is 11.6 Å². The van der Waals surface area contributed by atoms with Crippen LogP contribution in [0.15, 0.2) is 30.3 Å². The molecule has 1 atom stereocenters. The lowest BCUT2D eigenvalue weighted by atomic mass is 10.1. The zero-order valence-electron chi connectivity index (χ0n) is 12.4. The molecule has 0 spiro atoms. The van der Waals surface area contributed by atoms with E-state index in [9.17, 15) is 9.59 Å². The Balaban J connectivity index is 1.72. The Bertz CT molecular complexity index is 728. The number of carbonyl (C=O) groups excluding carboxylic acids is 2. The van der Waals surface area contributed by atoms with Crippen LogP contribution in [0.3, 0.4) is 0 Å². The molecule has 23 heavy (non-hydrogen) atoms. The summed E-state index contributed by atoms with van der Waals surface area (Å²) in [5.41, 5.74) is 1.76. The van der Waals surface area contributed by atoms with Crippen LogP contribution in [0.4, 0.5) is 0 Å². The maximum atomic E-state index is 12.3. The fraction of sp³-hybridized carbons (Fsp3) is 0.312. The zero-order valence-corrected chi connectivity index (χ0v) is 13.2. The maximum absolute atomic E-state index is 12.3. The summed E-state index contributed by atoms with van der Waals surface area (Å²) in [7, 11) is 0. The first-order valence-corrected chi connectivity index (χ1v) is 7.91. The lowest BCUT2D eigenvalue weighted by Crippen LogP contribution is -2.45. The molecule has 1 aromatic heterocycles.